The minimum atomic E-state index is -0.188. The third-order valence-corrected chi connectivity index (χ3v) is 6.32. The van der Waals surface area contributed by atoms with Crippen molar-refractivity contribution in [3.63, 3.8) is 0 Å². The summed E-state index contributed by atoms with van der Waals surface area (Å²) in [6.45, 7) is 4.16. The van der Waals surface area contributed by atoms with E-state index in [0.29, 0.717) is 25.3 Å². The summed E-state index contributed by atoms with van der Waals surface area (Å²) in [5.74, 6) is -0.188. The van der Waals surface area contributed by atoms with E-state index in [2.05, 4.69) is 59.9 Å². The maximum Gasteiger partial charge on any atom is 0.128 e. The quantitative estimate of drug-likeness (QED) is 0.247. The van der Waals surface area contributed by atoms with Crippen LogP contribution in [0.5, 0.6) is 0 Å². The van der Waals surface area contributed by atoms with Crippen LogP contribution in [0.4, 0.5) is 4.39 Å². The highest BCUT2D eigenvalue weighted by molar-refractivity contribution is 5.82. The van der Waals surface area contributed by atoms with E-state index in [4.69, 9.17) is 10.5 Å². The summed E-state index contributed by atoms with van der Waals surface area (Å²) in [4.78, 5) is 0. The number of ether oxygens (including phenoxy) is 1. The number of nitrogens with one attached hydrogen (secondary N) is 1. The molecular weight excluding hydrogens is 459 g/mol. The van der Waals surface area contributed by atoms with Gasteiger partial charge in [-0.15, -0.1) is 0 Å². The molecule has 0 spiro atoms. The molecular formula is C33H41FN2O. The lowest BCUT2D eigenvalue weighted by molar-refractivity contribution is 0.115. The zero-order valence-electron chi connectivity index (χ0n) is 21.9. The second kappa shape index (κ2) is 17.4. The molecule has 1 heterocycles. The van der Waals surface area contributed by atoms with Crippen molar-refractivity contribution < 1.29 is 9.13 Å². The minimum absolute atomic E-state index is 0.188. The molecule has 196 valence electrons. The first-order valence-corrected chi connectivity index (χ1v) is 13.5. The van der Waals surface area contributed by atoms with E-state index in [1.165, 1.54) is 60.3 Å². The van der Waals surface area contributed by atoms with Gasteiger partial charge in [0.15, 0.2) is 0 Å². The van der Waals surface area contributed by atoms with Crippen LogP contribution in [0.1, 0.15) is 48.8 Å². The summed E-state index contributed by atoms with van der Waals surface area (Å²) in [5, 5.41) is 5.82. The highest BCUT2D eigenvalue weighted by Gasteiger charge is 2.00. The second-order valence-corrected chi connectivity index (χ2v) is 9.28. The van der Waals surface area contributed by atoms with Crippen LogP contribution in [0, 0.1) is 5.82 Å². The molecule has 0 atom stereocenters. The van der Waals surface area contributed by atoms with Crippen molar-refractivity contribution in [2.45, 2.75) is 51.7 Å². The number of piperidine rings is 1. The fourth-order valence-electron chi connectivity index (χ4n) is 4.14. The van der Waals surface area contributed by atoms with E-state index in [0.717, 1.165) is 19.3 Å². The zero-order valence-corrected chi connectivity index (χ0v) is 21.9. The number of aryl methyl sites for hydroxylation is 1. The summed E-state index contributed by atoms with van der Waals surface area (Å²) >= 11 is 0. The average Bonchev–Trinajstić information content (AvgIpc) is 2.97. The largest absolute Gasteiger partial charge is 0.377 e. The lowest BCUT2D eigenvalue weighted by Crippen LogP contribution is -2.21. The second-order valence-electron chi connectivity index (χ2n) is 9.28. The predicted octanol–water partition coefficient (Wildman–Crippen LogP) is 7.42. The van der Waals surface area contributed by atoms with Crippen molar-refractivity contribution in [1.29, 1.82) is 0 Å². The fraction of sp³-hybridized carbons (Fsp3) is 0.333. The maximum absolute atomic E-state index is 13.3. The Balaban J connectivity index is 0.000000178. The number of hydrogen-bond donors (Lipinski definition) is 2. The topological polar surface area (TPSA) is 47.3 Å². The summed E-state index contributed by atoms with van der Waals surface area (Å²) < 4.78 is 18.8. The molecule has 37 heavy (non-hydrogen) atoms. The number of unbranched alkanes of at least 4 members (excludes halogenated alkanes) is 1. The van der Waals surface area contributed by atoms with Crippen molar-refractivity contribution in [3.8, 4) is 0 Å². The number of rotatable bonds is 8. The molecule has 0 bridgehead atoms. The van der Waals surface area contributed by atoms with Crippen molar-refractivity contribution in [2.24, 2.45) is 5.73 Å². The smallest absolute Gasteiger partial charge is 0.128 e. The Morgan fingerprint density at radius 1 is 0.703 bits per heavy atom. The number of halogens is 1. The molecule has 1 aliphatic heterocycles. The zero-order chi connectivity index (χ0) is 26.0. The van der Waals surface area contributed by atoms with Crippen LogP contribution >= 0.6 is 0 Å². The monoisotopic (exact) mass is 500 g/mol. The first kappa shape index (κ1) is 28.5. The lowest BCUT2D eigenvalue weighted by Gasteiger charge is -2.08. The van der Waals surface area contributed by atoms with Crippen molar-refractivity contribution in [3.05, 3.63) is 120 Å². The molecule has 0 saturated carbocycles. The molecule has 5 rings (SSSR count). The van der Waals surface area contributed by atoms with Crippen molar-refractivity contribution in [1.82, 2.24) is 5.32 Å². The van der Waals surface area contributed by atoms with Gasteiger partial charge < -0.3 is 15.8 Å². The van der Waals surface area contributed by atoms with Gasteiger partial charge in [0.05, 0.1) is 6.61 Å². The first-order valence-electron chi connectivity index (χ1n) is 13.5. The van der Waals surface area contributed by atoms with E-state index in [9.17, 15) is 4.39 Å². The molecule has 1 aliphatic rings. The van der Waals surface area contributed by atoms with Gasteiger partial charge in [-0.25, -0.2) is 4.39 Å². The molecule has 4 aromatic carbocycles. The summed E-state index contributed by atoms with van der Waals surface area (Å²) in [6.07, 6.45) is 7.39. The summed E-state index contributed by atoms with van der Waals surface area (Å²) in [6, 6.07) is 31.8. The van der Waals surface area contributed by atoms with E-state index in [1.54, 1.807) is 12.1 Å². The fourth-order valence-corrected chi connectivity index (χ4v) is 4.14. The van der Waals surface area contributed by atoms with Gasteiger partial charge in [-0.2, -0.15) is 0 Å². The molecule has 0 radical (unpaired) electrons. The molecule has 4 heteroatoms. The Morgan fingerprint density at radius 2 is 1.41 bits per heavy atom. The Labute approximate surface area is 221 Å². The molecule has 0 amide bonds. The Morgan fingerprint density at radius 3 is 2.08 bits per heavy atom. The van der Waals surface area contributed by atoms with Crippen LogP contribution in [0.3, 0.4) is 0 Å². The maximum atomic E-state index is 13.3. The number of hydrogen-bond acceptors (Lipinski definition) is 3. The molecule has 0 unspecified atom stereocenters. The van der Waals surface area contributed by atoms with Gasteiger partial charge in [-0.1, -0.05) is 91.3 Å². The Bertz CT molecular complexity index is 1130. The van der Waals surface area contributed by atoms with Crippen LogP contribution in [0.2, 0.25) is 0 Å². The van der Waals surface area contributed by atoms with Gasteiger partial charge in [0.1, 0.15) is 5.82 Å². The molecule has 3 N–H and O–H groups in total. The van der Waals surface area contributed by atoms with Crippen LogP contribution in [0.15, 0.2) is 97.1 Å². The van der Waals surface area contributed by atoms with Gasteiger partial charge in [0.2, 0.25) is 0 Å². The van der Waals surface area contributed by atoms with Gasteiger partial charge in [0, 0.05) is 18.7 Å². The standard InChI is InChI=1S/C17H19FO.C11H11N.C5H11N/c18-17-12-5-4-11-16(17)14-19-13-7-6-10-15-8-2-1-3-9-15;12-8-9-5-6-10-3-1-2-4-11(10)7-9;1-2-4-6-5-3-1/h1-5,8-9,11-12H,6-7,10,13-14H2;1-7H,8,12H2;6H,1-5H2. The highest BCUT2D eigenvalue weighted by atomic mass is 19.1. The number of benzene rings is 4. The number of nitrogens with two attached hydrogens (primary N) is 1. The Kier molecular flexibility index (Phi) is 13.4. The van der Waals surface area contributed by atoms with E-state index in [-0.39, 0.29) is 5.82 Å². The third-order valence-electron chi connectivity index (χ3n) is 6.32. The SMILES string of the molecule is C1CCNCC1.Fc1ccccc1COCCCCc1ccccc1.NCc1ccc2ccccc2c1. The Hall–Kier alpha value is -3.05. The van der Waals surface area contributed by atoms with Crippen LogP contribution in [0.25, 0.3) is 10.8 Å². The molecule has 1 saturated heterocycles. The summed E-state index contributed by atoms with van der Waals surface area (Å²) in [5.41, 5.74) is 8.72. The van der Waals surface area contributed by atoms with Crippen LogP contribution in [-0.4, -0.2) is 19.7 Å². The van der Waals surface area contributed by atoms with Crippen molar-refractivity contribution in [2.75, 3.05) is 19.7 Å². The predicted molar refractivity (Wildman–Crippen MR) is 154 cm³/mol. The van der Waals surface area contributed by atoms with Gasteiger partial charge >= 0.3 is 0 Å². The highest BCUT2D eigenvalue weighted by Crippen LogP contribution is 2.15. The first-order chi connectivity index (χ1) is 18.3. The third kappa shape index (κ3) is 11.3. The molecule has 3 nitrogen and oxygen atoms in total. The summed E-state index contributed by atoms with van der Waals surface area (Å²) in [7, 11) is 0. The van der Waals surface area contributed by atoms with Gasteiger partial charge in [-0.3, -0.25) is 0 Å². The van der Waals surface area contributed by atoms with E-state index < -0.39 is 0 Å². The molecule has 4 aromatic rings. The molecule has 0 aromatic heterocycles. The van der Waals surface area contributed by atoms with E-state index >= 15 is 0 Å². The minimum Gasteiger partial charge on any atom is -0.377 e. The molecule has 1 fully saturated rings. The van der Waals surface area contributed by atoms with Crippen molar-refractivity contribution >= 4 is 10.8 Å². The van der Waals surface area contributed by atoms with Gasteiger partial charge in [-0.05, 0) is 79.2 Å². The lowest BCUT2D eigenvalue weighted by atomic mass is 10.1. The molecule has 0 aliphatic carbocycles. The van der Waals surface area contributed by atoms with Crippen LogP contribution < -0.4 is 11.1 Å². The normalized spacial score (nSPS) is 12.7. The van der Waals surface area contributed by atoms with Gasteiger partial charge in [0.25, 0.3) is 0 Å². The van der Waals surface area contributed by atoms with Crippen LogP contribution in [-0.2, 0) is 24.3 Å². The number of fused-ring (bicyclic) bond motifs is 1. The van der Waals surface area contributed by atoms with E-state index in [1.807, 2.05) is 24.3 Å². The average molecular weight is 501 g/mol.